The molecule has 1 aromatic heterocycles. The molecule has 0 saturated carbocycles. The molecule has 36 heavy (non-hydrogen) atoms. The lowest BCUT2D eigenvalue weighted by molar-refractivity contribution is -0.686. The minimum atomic E-state index is -1.81. The summed E-state index contributed by atoms with van der Waals surface area (Å²) in [5.74, 6) is 0.505. The van der Waals surface area contributed by atoms with Gasteiger partial charge < -0.3 is 44.1 Å². The summed E-state index contributed by atoms with van der Waals surface area (Å²) >= 11 is 0. The molecule has 0 radical (unpaired) electrons. The number of aryl methyl sites for hydroxylation is 2. The Morgan fingerprint density at radius 1 is 1.06 bits per heavy atom. The van der Waals surface area contributed by atoms with Gasteiger partial charge in [0.1, 0.15) is 18.3 Å². The molecule has 0 spiro atoms. The van der Waals surface area contributed by atoms with Gasteiger partial charge in [-0.2, -0.15) is 4.57 Å². The highest BCUT2D eigenvalue weighted by atomic mass is 16.7. The van der Waals surface area contributed by atoms with Crippen molar-refractivity contribution < 1.29 is 53.5 Å². The third kappa shape index (κ3) is 3.51. The molecule has 0 aliphatic carbocycles. The molecular weight excluding hydrogens is 474 g/mol. The average molecular weight is 498 g/mol. The Morgan fingerprint density at radius 3 is 2.58 bits per heavy atom. The zero-order chi connectivity index (χ0) is 25.1. The zero-order valence-corrected chi connectivity index (χ0v) is 19.2. The molecule has 11 heteroatoms. The number of hydrogen-bond acceptors (Lipinski definition) is 9. The lowest BCUT2D eigenvalue weighted by atomic mass is 9.95. The van der Waals surface area contributed by atoms with Crippen LogP contribution in [0.1, 0.15) is 5.56 Å². The number of aliphatic hydroxyl groups is 3. The summed E-state index contributed by atoms with van der Waals surface area (Å²) < 4.78 is 29.9. The van der Waals surface area contributed by atoms with E-state index in [0.29, 0.717) is 11.5 Å². The van der Waals surface area contributed by atoms with Gasteiger partial charge in [-0.1, -0.05) is 0 Å². The zero-order valence-electron chi connectivity index (χ0n) is 19.2. The number of aliphatic hydroxyl groups excluding tert-OH is 3. The van der Waals surface area contributed by atoms with Crippen molar-refractivity contribution in [3.05, 3.63) is 42.1 Å². The van der Waals surface area contributed by atoms with Crippen molar-refractivity contribution in [3.8, 4) is 34.3 Å². The molecule has 4 N–H and O–H groups in total. The van der Waals surface area contributed by atoms with E-state index in [1.54, 1.807) is 6.07 Å². The van der Waals surface area contributed by atoms with Crippen LogP contribution in [0, 0.1) is 0 Å². The first-order chi connectivity index (χ1) is 17.4. The molecule has 3 aliphatic rings. The van der Waals surface area contributed by atoms with Crippen LogP contribution in [0.3, 0.4) is 0 Å². The second-order valence-corrected chi connectivity index (χ2v) is 8.92. The molecule has 0 bridgehead atoms. The number of carboxylic acid groups (broad SMARTS) is 1. The molecule has 1 fully saturated rings. The number of methoxy groups -OCH3 is 1. The van der Waals surface area contributed by atoms with Gasteiger partial charge in [0.2, 0.25) is 18.8 Å². The maximum absolute atomic E-state index is 11.4. The van der Waals surface area contributed by atoms with Gasteiger partial charge in [0.15, 0.2) is 41.8 Å². The summed E-state index contributed by atoms with van der Waals surface area (Å²) in [5.41, 5.74) is 3.23. The van der Waals surface area contributed by atoms with Crippen molar-refractivity contribution >= 4 is 16.7 Å². The Hall–Kier alpha value is -3.64. The highest BCUT2D eigenvalue weighted by Gasteiger charge is 2.48. The number of rotatable bonds is 4. The smallest absolute Gasteiger partial charge is 0.335 e. The van der Waals surface area contributed by atoms with Gasteiger partial charge in [0.05, 0.1) is 18.1 Å². The fourth-order valence-corrected chi connectivity index (χ4v) is 4.97. The molecular formula is C25H24NO10+. The number of pyridine rings is 1. The van der Waals surface area contributed by atoms with Crippen LogP contribution in [-0.4, -0.2) is 71.0 Å². The van der Waals surface area contributed by atoms with Gasteiger partial charge in [-0.3, -0.25) is 0 Å². The van der Waals surface area contributed by atoms with Gasteiger partial charge >= 0.3 is 5.97 Å². The first kappa shape index (κ1) is 22.8. The summed E-state index contributed by atoms with van der Waals surface area (Å²) in [6.45, 7) is 0.930. The summed E-state index contributed by atoms with van der Waals surface area (Å²) in [4.78, 5) is 11.4. The van der Waals surface area contributed by atoms with E-state index in [1.165, 1.54) is 12.7 Å². The maximum Gasteiger partial charge on any atom is 0.335 e. The minimum Gasteiger partial charge on any atom is -0.492 e. The molecule has 5 atom stereocenters. The lowest BCUT2D eigenvalue weighted by Gasteiger charge is -2.38. The monoisotopic (exact) mass is 498 g/mol. The van der Waals surface area contributed by atoms with Crippen molar-refractivity contribution in [1.29, 1.82) is 0 Å². The maximum atomic E-state index is 11.4. The first-order valence-corrected chi connectivity index (χ1v) is 11.4. The molecule has 0 amide bonds. The second kappa shape index (κ2) is 8.49. The molecule has 1 unspecified atom stereocenters. The number of aliphatic carboxylic acids is 1. The number of hydrogen-bond donors (Lipinski definition) is 4. The number of fused-ring (bicyclic) bond motifs is 5. The van der Waals surface area contributed by atoms with Crippen molar-refractivity contribution in [2.45, 2.75) is 43.7 Å². The summed E-state index contributed by atoms with van der Waals surface area (Å²) in [5, 5.41) is 41.3. The Balaban J connectivity index is 1.38. The lowest BCUT2D eigenvalue weighted by Crippen LogP contribution is -2.61. The number of aromatic nitrogens is 1. The van der Waals surface area contributed by atoms with E-state index in [-0.39, 0.29) is 12.5 Å². The summed E-state index contributed by atoms with van der Waals surface area (Å²) in [6, 6.07) is 9.47. The van der Waals surface area contributed by atoms with Crippen LogP contribution in [-0.2, 0) is 22.5 Å². The van der Waals surface area contributed by atoms with E-state index >= 15 is 0 Å². The van der Waals surface area contributed by atoms with E-state index in [9.17, 15) is 25.2 Å². The third-order valence-electron chi connectivity index (χ3n) is 6.84. The van der Waals surface area contributed by atoms with Crippen LogP contribution in [0.2, 0.25) is 0 Å². The van der Waals surface area contributed by atoms with E-state index in [4.69, 9.17) is 23.7 Å². The Kier molecular flexibility index (Phi) is 5.38. The predicted octanol–water partition coefficient (Wildman–Crippen LogP) is 0.359. The summed E-state index contributed by atoms with van der Waals surface area (Å²) in [6.07, 6.45) is -5.82. The van der Waals surface area contributed by atoms with Crippen LogP contribution in [0.5, 0.6) is 23.0 Å². The van der Waals surface area contributed by atoms with Crippen molar-refractivity contribution in [3.63, 3.8) is 0 Å². The number of carboxylic acids is 1. The normalized spacial score (nSPS) is 26.3. The highest BCUT2D eigenvalue weighted by Crippen LogP contribution is 2.42. The summed E-state index contributed by atoms with van der Waals surface area (Å²) in [7, 11) is 1.47. The largest absolute Gasteiger partial charge is 0.492 e. The number of ether oxygens (including phenoxy) is 5. The van der Waals surface area contributed by atoms with Gasteiger partial charge in [-0.25, -0.2) is 4.79 Å². The fourth-order valence-electron chi connectivity index (χ4n) is 4.97. The van der Waals surface area contributed by atoms with Crippen LogP contribution >= 0.6 is 0 Å². The molecule has 3 aromatic rings. The molecule has 188 valence electrons. The third-order valence-corrected chi connectivity index (χ3v) is 6.84. The number of benzene rings is 2. The topological polar surface area (TPSA) is 148 Å². The van der Waals surface area contributed by atoms with Crippen LogP contribution in [0.15, 0.2) is 36.5 Å². The number of nitrogens with zero attached hydrogens (tertiary/aromatic N) is 1. The molecule has 2 aromatic carbocycles. The Labute approximate surface area is 204 Å². The quantitative estimate of drug-likeness (QED) is 0.372. The van der Waals surface area contributed by atoms with E-state index in [1.807, 2.05) is 30.5 Å². The van der Waals surface area contributed by atoms with Crippen LogP contribution < -0.4 is 23.5 Å². The Bertz CT molecular complexity index is 1370. The first-order valence-electron chi connectivity index (χ1n) is 11.4. The second-order valence-electron chi connectivity index (χ2n) is 8.92. The number of carbonyl (C=O) groups is 1. The van der Waals surface area contributed by atoms with Gasteiger partial charge in [-0.15, -0.1) is 0 Å². The van der Waals surface area contributed by atoms with Crippen molar-refractivity contribution in [2.24, 2.45) is 0 Å². The molecule has 4 heterocycles. The fraction of sp³-hybridized carbons (Fsp3) is 0.360. The van der Waals surface area contributed by atoms with Crippen LogP contribution in [0.4, 0.5) is 0 Å². The molecule has 1 saturated heterocycles. The van der Waals surface area contributed by atoms with E-state index in [2.05, 4.69) is 4.57 Å². The van der Waals surface area contributed by atoms with Crippen molar-refractivity contribution in [1.82, 2.24) is 0 Å². The van der Waals surface area contributed by atoms with Crippen LogP contribution in [0.25, 0.3) is 22.0 Å². The predicted molar refractivity (Wildman–Crippen MR) is 121 cm³/mol. The van der Waals surface area contributed by atoms with Gasteiger partial charge in [-0.05, 0) is 35.2 Å². The van der Waals surface area contributed by atoms with E-state index in [0.717, 1.165) is 40.7 Å². The molecule has 6 rings (SSSR count). The minimum absolute atomic E-state index is 0.182. The molecule has 3 aliphatic heterocycles. The highest BCUT2D eigenvalue weighted by molar-refractivity contribution is 5.91. The Morgan fingerprint density at radius 2 is 1.83 bits per heavy atom. The van der Waals surface area contributed by atoms with Gasteiger partial charge in [0.25, 0.3) is 0 Å². The van der Waals surface area contributed by atoms with Crippen molar-refractivity contribution in [2.75, 3.05) is 13.9 Å². The van der Waals surface area contributed by atoms with E-state index < -0.39 is 36.7 Å². The molecule has 11 nitrogen and oxygen atoms in total. The SMILES string of the molecule is COc1c(OC2O[C@H](C(=O)O)[C@@H](O)[C@H](O)[C@H]2O)ccc2cc3[n+](cc12)CCc1cc2c(cc1-3)OCO2. The average Bonchev–Trinajstić information content (AvgIpc) is 3.33. The van der Waals surface area contributed by atoms with Gasteiger partial charge in [0, 0.05) is 12.5 Å². The standard InChI is InChI=1S/C25H23NO10/c1-32-22-14-9-26-5-4-12-7-17-18(34-10-33-17)8-13(12)15(26)6-11(14)2-3-16(22)35-25-21(29)19(27)20(28)23(36-25)24(30)31/h2-3,6-9,19-21,23,25,27-29H,4-5,10H2,1H3/p+1/t19-,20-,21+,23-,25?/m0/s1.